The standard InChI is InChI=1S/C12H16FNO/c1-15-12(6-3-7-14-9-12)10-4-2-5-11(13)8-10/h2,4-5,8,14H,3,6-7,9H2,1H3. The Morgan fingerprint density at radius 2 is 2.33 bits per heavy atom. The van der Waals surface area contributed by atoms with Gasteiger partial charge in [-0.15, -0.1) is 0 Å². The molecule has 1 aliphatic rings. The lowest BCUT2D eigenvalue weighted by Gasteiger charge is -2.36. The number of hydrogen-bond acceptors (Lipinski definition) is 2. The van der Waals surface area contributed by atoms with Gasteiger partial charge in [-0.2, -0.15) is 0 Å². The van der Waals surface area contributed by atoms with Crippen molar-refractivity contribution in [1.29, 1.82) is 0 Å². The number of methoxy groups -OCH3 is 1. The Morgan fingerprint density at radius 1 is 1.47 bits per heavy atom. The van der Waals surface area contributed by atoms with Gasteiger partial charge in [0.05, 0.1) is 0 Å². The summed E-state index contributed by atoms with van der Waals surface area (Å²) < 4.78 is 18.7. The van der Waals surface area contributed by atoms with Crippen molar-refractivity contribution in [3.8, 4) is 0 Å². The van der Waals surface area contributed by atoms with Crippen LogP contribution in [-0.4, -0.2) is 20.2 Å². The van der Waals surface area contributed by atoms with Crippen LogP contribution in [0.15, 0.2) is 24.3 Å². The minimum absolute atomic E-state index is 0.200. The maximum absolute atomic E-state index is 13.2. The molecule has 0 spiro atoms. The summed E-state index contributed by atoms with van der Waals surface area (Å²) in [6.45, 7) is 1.77. The third-order valence-corrected chi connectivity index (χ3v) is 3.09. The first kappa shape index (κ1) is 10.6. The predicted molar refractivity (Wildman–Crippen MR) is 57.2 cm³/mol. The quantitative estimate of drug-likeness (QED) is 0.805. The summed E-state index contributed by atoms with van der Waals surface area (Å²) in [4.78, 5) is 0. The van der Waals surface area contributed by atoms with E-state index in [1.54, 1.807) is 19.2 Å². The molecule has 1 heterocycles. The van der Waals surface area contributed by atoms with E-state index in [0.717, 1.165) is 31.5 Å². The molecule has 2 nitrogen and oxygen atoms in total. The first-order valence-electron chi connectivity index (χ1n) is 5.29. The van der Waals surface area contributed by atoms with Gasteiger partial charge in [0.2, 0.25) is 0 Å². The fourth-order valence-corrected chi connectivity index (χ4v) is 2.19. The van der Waals surface area contributed by atoms with Crippen LogP contribution in [0.5, 0.6) is 0 Å². The second-order valence-corrected chi connectivity index (χ2v) is 3.99. The Balaban J connectivity index is 2.32. The van der Waals surface area contributed by atoms with Crippen molar-refractivity contribution >= 4 is 0 Å². The lowest BCUT2D eigenvalue weighted by Crippen LogP contribution is -2.44. The Bertz CT molecular complexity index is 334. The van der Waals surface area contributed by atoms with Crippen molar-refractivity contribution in [1.82, 2.24) is 5.32 Å². The van der Waals surface area contributed by atoms with Crippen LogP contribution >= 0.6 is 0 Å². The number of hydrogen-bond donors (Lipinski definition) is 1. The van der Waals surface area contributed by atoms with Crippen LogP contribution in [0, 0.1) is 5.82 Å². The van der Waals surface area contributed by atoms with Crippen molar-refractivity contribution in [3.63, 3.8) is 0 Å². The van der Waals surface area contributed by atoms with Crippen LogP contribution in [0.1, 0.15) is 18.4 Å². The van der Waals surface area contributed by atoms with Crippen LogP contribution in [0.25, 0.3) is 0 Å². The monoisotopic (exact) mass is 209 g/mol. The molecule has 82 valence electrons. The van der Waals surface area contributed by atoms with Crippen LogP contribution in [0.4, 0.5) is 4.39 Å². The van der Waals surface area contributed by atoms with E-state index in [2.05, 4.69) is 5.32 Å². The Kier molecular flexibility index (Phi) is 3.03. The summed E-state index contributed by atoms with van der Waals surface area (Å²) in [6.07, 6.45) is 2.00. The molecule has 0 aliphatic carbocycles. The number of ether oxygens (including phenoxy) is 1. The molecule has 0 radical (unpaired) electrons. The molecule has 1 fully saturated rings. The van der Waals surface area contributed by atoms with Gasteiger partial charge in [-0.3, -0.25) is 0 Å². The highest BCUT2D eigenvalue weighted by Gasteiger charge is 2.33. The van der Waals surface area contributed by atoms with Gasteiger partial charge in [-0.05, 0) is 37.1 Å². The van der Waals surface area contributed by atoms with Crippen molar-refractivity contribution in [3.05, 3.63) is 35.6 Å². The second-order valence-electron chi connectivity index (χ2n) is 3.99. The SMILES string of the molecule is COC1(c2cccc(F)c2)CCCNC1. The van der Waals surface area contributed by atoms with Gasteiger partial charge in [-0.25, -0.2) is 4.39 Å². The Hall–Kier alpha value is -0.930. The normalized spacial score (nSPS) is 26.5. The minimum atomic E-state index is -0.347. The van der Waals surface area contributed by atoms with Crippen LogP contribution in [0.3, 0.4) is 0 Å². The van der Waals surface area contributed by atoms with E-state index in [0.29, 0.717) is 0 Å². The predicted octanol–water partition coefficient (Wildman–Crippen LogP) is 2.05. The number of benzene rings is 1. The number of nitrogens with one attached hydrogen (secondary N) is 1. The molecular weight excluding hydrogens is 193 g/mol. The summed E-state index contributed by atoms with van der Waals surface area (Å²) in [5, 5.41) is 3.30. The summed E-state index contributed by atoms with van der Waals surface area (Å²) in [5.74, 6) is -0.200. The average Bonchev–Trinajstić information content (AvgIpc) is 2.30. The molecule has 1 aliphatic heterocycles. The highest BCUT2D eigenvalue weighted by molar-refractivity contribution is 5.24. The Labute approximate surface area is 89.4 Å². The molecule has 0 saturated carbocycles. The van der Waals surface area contributed by atoms with Crippen LogP contribution in [-0.2, 0) is 10.3 Å². The molecule has 1 saturated heterocycles. The number of halogens is 1. The summed E-state index contributed by atoms with van der Waals surface area (Å²) in [7, 11) is 1.69. The van der Waals surface area contributed by atoms with E-state index in [9.17, 15) is 4.39 Å². The second kappa shape index (κ2) is 4.29. The van der Waals surface area contributed by atoms with Crippen molar-refractivity contribution in [2.24, 2.45) is 0 Å². The van der Waals surface area contributed by atoms with Crippen LogP contribution < -0.4 is 5.32 Å². The van der Waals surface area contributed by atoms with Gasteiger partial charge in [0.15, 0.2) is 0 Å². The zero-order chi connectivity index (χ0) is 10.7. The van der Waals surface area contributed by atoms with Gasteiger partial charge < -0.3 is 10.1 Å². The molecule has 1 aromatic carbocycles. The van der Waals surface area contributed by atoms with E-state index in [4.69, 9.17) is 4.74 Å². The first-order chi connectivity index (χ1) is 7.27. The molecule has 0 bridgehead atoms. The molecule has 1 aromatic rings. The molecular formula is C12H16FNO. The van der Waals surface area contributed by atoms with Crippen molar-refractivity contribution in [2.75, 3.05) is 20.2 Å². The van der Waals surface area contributed by atoms with Crippen LogP contribution in [0.2, 0.25) is 0 Å². The molecule has 1 N–H and O–H groups in total. The first-order valence-corrected chi connectivity index (χ1v) is 5.29. The molecule has 0 amide bonds. The molecule has 1 unspecified atom stereocenters. The average molecular weight is 209 g/mol. The lowest BCUT2D eigenvalue weighted by molar-refractivity contribution is -0.0335. The van der Waals surface area contributed by atoms with Gasteiger partial charge in [0, 0.05) is 13.7 Å². The number of rotatable bonds is 2. The maximum atomic E-state index is 13.2. The van der Waals surface area contributed by atoms with Gasteiger partial charge in [0.1, 0.15) is 11.4 Å². The topological polar surface area (TPSA) is 21.3 Å². The fraction of sp³-hybridized carbons (Fsp3) is 0.500. The highest BCUT2D eigenvalue weighted by Crippen LogP contribution is 2.32. The maximum Gasteiger partial charge on any atom is 0.123 e. The summed E-state index contributed by atoms with van der Waals surface area (Å²) in [5.41, 5.74) is 0.581. The van der Waals surface area contributed by atoms with Gasteiger partial charge >= 0.3 is 0 Å². The lowest BCUT2D eigenvalue weighted by atomic mass is 9.86. The summed E-state index contributed by atoms with van der Waals surface area (Å²) >= 11 is 0. The highest BCUT2D eigenvalue weighted by atomic mass is 19.1. The molecule has 2 rings (SSSR count). The largest absolute Gasteiger partial charge is 0.372 e. The molecule has 1 atom stereocenters. The van der Waals surface area contributed by atoms with E-state index in [1.165, 1.54) is 6.07 Å². The van der Waals surface area contributed by atoms with Gasteiger partial charge in [-0.1, -0.05) is 12.1 Å². The minimum Gasteiger partial charge on any atom is -0.372 e. The smallest absolute Gasteiger partial charge is 0.123 e. The third-order valence-electron chi connectivity index (χ3n) is 3.09. The molecule has 3 heteroatoms. The zero-order valence-electron chi connectivity index (χ0n) is 8.92. The van der Waals surface area contributed by atoms with E-state index in [-0.39, 0.29) is 11.4 Å². The molecule has 15 heavy (non-hydrogen) atoms. The zero-order valence-corrected chi connectivity index (χ0v) is 8.92. The van der Waals surface area contributed by atoms with E-state index < -0.39 is 0 Å². The van der Waals surface area contributed by atoms with Gasteiger partial charge in [0.25, 0.3) is 0 Å². The Morgan fingerprint density at radius 3 is 2.93 bits per heavy atom. The summed E-state index contributed by atoms with van der Waals surface area (Å²) in [6, 6.07) is 6.69. The van der Waals surface area contributed by atoms with Crippen molar-refractivity contribution < 1.29 is 9.13 Å². The van der Waals surface area contributed by atoms with Crippen molar-refractivity contribution in [2.45, 2.75) is 18.4 Å². The molecule has 0 aromatic heterocycles. The fourth-order valence-electron chi connectivity index (χ4n) is 2.19. The van der Waals surface area contributed by atoms with E-state index in [1.807, 2.05) is 6.07 Å². The third kappa shape index (κ3) is 2.03. The van der Waals surface area contributed by atoms with E-state index >= 15 is 0 Å². The number of piperidine rings is 1.